The Balaban J connectivity index is 1.92. The van der Waals surface area contributed by atoms with Gasteiger partial charge < -0.3 is 14.6 Å². The van der Waals surface area contributed by atoms with E-state index < -0.39 is 29.7 Å². The van der Waals surface area contributed by atoms with Crippen molar-refractivity contribution in [2.75, 3.05) is 26.8 Å². The fourth-order valence-corrected chi connectivity index (χ4v) is 4.85. The predicted molar refractivity (Wildman–Crippen MR) is 110 cm³/mol. The molecule has 1 spiro atoms. The maximum atomic E-state index is 13.4. The number of carbonyl (C=O) groups excluding carboxylic acids is 1. The van der Waals surface area contributed by atoms with Crippen LogP contribution in [0.5, 0.6) is 0 Å². The minimum absolute atomic E-state index is 0.0109. The molecule has 2 heterocycles. The van der Waals surface area contributed by atoms with Gasteiger partial charge in [-0.1, -0.05) is 0 Å². The van der Waals surface area contributed by atoms with Crippen LogP contribution in [0, 0.1) is 0 Å². The number of nitrogens with zero attached hydrogens (tertiary/aromatic N) is 2. The highest BCUT2D eigenvalue weighted by molar-refractivity contribution is 8.17. The number of carbonyl (C=O) groups is 1. The molecule has 2 N–H and O–H groups in total. The molecule has 3 aliphatic rings. The average molecular weight is 496 g/mol. The number of allylic oxidation sites excluding steroid dienone is 3. The number of aliphatic hydroxyl groups is 1. The highest BCUT2D eigenvalue weighted by Crippen LogP contribution is 2.41. The topological polar surface area (TPSA) is 111 Å². The van der Waals surface area contributed by atoms with Crippen molar-refractivity contribution in [2.45, 2.75) is 51.2 Å². The smallest absolute Gasteiger partial charge is 0.416 e. The third-order valence-corrected chi connectivity index (χ3v) is 6.68. The summed E-state index contributed by atoms with van der Waals surface area (Å²) in [6, 6.07) is 0. The minimum Gasteiger partial charge on any atom is -0.507 e. The number of hydrogen-bond acceptors (Lipinski definition) is 9. The zero-order valence-corrected chi connectivity index (χ0v) is 19.0. The van der Waals surface area contributed by atoms with Gasteiger partial charge in [-0.15, -0.1) is 0 Å². The molecule has 0 saturated carbocycles. The molecule has 1 unspecified atom stereocenters. The Kier molecular flexibility index (Phi) is 8.05. The first-order chi connectivity index (χ1) is 15.6. The van der Waals surface area contributed by atoms with Crippen LogP contribution >= 0.6 is 11.8 Å². The first-order valence-electron chi connectivity index (χ1n) is 10.1. The van der Waals surface area contributed by atoms with Crippen LogP contribution in [0.3, 0.4) is 0 Å². The lowest BCUT2D eigenvalue weighted by Crippen LogP contribution is -2.45. The summed E-state index contributed by atoms with van der Waals surface area (Å²) in [5.74, 6) is -1.57. The van der Waals surface area contributed by atoms with Crippen molar-refractivity contribution >= 4 is 29.1 Å². The Morgan fingerprint density at radius 2 is 2.09 bits per heavy atom. The molecule has 0 bridgehead atoms. The molecule has 0 aromatic rings. The molecule has 1 aliphatic carbocycles. The molecule has 0 aromatic heterocycles. The standard InChI is InChI=1S/C19H24F3N3O7S/c1-11-9-29-18(30-11)4-6-25(7-5-18)17(23-10-26)33-16-12(2)15(27)13(19(20,21)22)8-14(16)24-31-32-28-3/h10-11,27H,4-9H2,1-3H3/p+1. The van der Waals surface area contributed by atoms with E-state index in [0.29, 0.717) is 44.1 Å². The van der Waals surface area contributed by atoms with E-state index in [1.807, 2.05) is 11.5 Å². The summed E-state index contributed by atoms with van der Waals surface area (Å²) in [5.41, 5.74) is -1.40. The highest BCUT2D eigenvalue weighted by atomic mass is 32.2. The van der Waals surface area contributed by atoms with Crippen LogP contribution in [-0.4, -0.2) is 71.8 Å². The summed E-state index contributed by atoms with van der Waals surface area (Å²) in [6.07, 6.45) is -4.02. The van der Waals surface area contributed by atoms with Gasteiger partial charge >= 0.3 is 11.3 Å². The number of amidine groups is 1. The Morgan fingerprint density at radius 3 is 2.64 bits per heavy atom. The molecule has 14 heteroatoms. The Labute approximate surface area is 191 Å². The van der Waals surface area contributed by atoms with E-state index in [9.17, 15) is 23.1 Å². The summed E-state index contributed by atoms with van der Waals surface area (Å²) in [4.78, 5) is 20.2. The van der Waals surface area contributed by atoms with Crippen molar-refractivity contribution in [1.29, 1.82) is 0 Å². The van der Waals surface area contributed by atoms with Crippen LogP contribution in [0.2, 0.25) is 0 Å². The average Bonchev–Trinajstić information content (AvgIpc) is 3.12. The molecule has 3 rings (SSSR count). The first-order valence-corrected chi connectivity index (χ1v) is 10.9. The van der Waals surface area contributed by atoms with Gasteiger partial charge in [0.2, 0.25) is 0 Å². The molecular formula is C19H25F3N3O7S+. The number of piperidine rings is 1. The van der Waals surface area contributed by atoms with Gasteiger partial charge in [-0.25, -0.2) is 5.32 Å². The predicted octanol–water partition coefficient (Wildman–Crippen LogP) is 2.68. The molecule has 1 amide bonds. The molecule has 2 saturated heterocycles. The van der Waals surface area contributed by atoms with Crippen molar-refractivity contribution in [3.63, 3.8) is 0 Å². The zero-order chi connectivity index (χ0) is 24.2. The van der Waals surface area contributed by atoms with Gasteiger partial charge in [-0.05, 0) is 19.0 Å². The molecule has 2 aliphatic heterocycles. The van der Waals surface area contributed by atoms with E-state index in [2.05, 4.69) is 25.4 Å². The SMILES string of the molecule is COOON=C1CC(C(F)(F)F)=C(O)C(C)=C1SC(NC=O)=[N+]1CCC2(CC1)OCC(C)O2. The van der Waals surface area contributed by atoms with E-state index in [-0.39, 0.29) is 22.3 Å². The third kappa shape index (κ3) is 5.87. The molecule has 184 valence electrons. The van der Waals surface area contributed by atoms with E-state index >= 15 is 0 Å². The van der Waals surface area contributed by atoms with E-state index in [0.717, 1.165) is 18.9 Å². The van der Waals surface area contributed by atoms with Crippen LogP contribution in [0.25, 0.3) is 0 Å². The van der Waals surface area contributed by atoms with Crippen LogP contribution in [0.1, 0.15) is 33.1 Å². The van der Waals surface area contributed by atoms with Crippen molar-refractivity contribution in [3.05, 3.63) is 21.8 Å². The van der Waals surface area contributed by atoms with Gasteiger partial charge in [0, 0.05) is 41.6 Å². The maximum absolute atomic E-state index is 13.4. The van der Waals surface area contributed by atoms with Crippen molar-refractivity contribution in [1.82, 2.24) is 5.32 Å². The lowest BCUT2D eigenvalue weighted by molar-refractivity contribution is -0.552. The fourth-order valence-electron chi connectivity index (χ4n) is 3.77. The Hall–Kier alpha value is -2.13. The summed E-state index contributed by atoms with van der Waals surface area (Å²) in [7, 11) is 1.13. The lowest BCUT2D eigenvalue weighted by atomic mass is 9.96. The number of thioether (sulfide) groups is 1. The number of ether oxygens (including phenoxy) is 2. The number of oxime groups is 1. The number of nitrogens with one attached hydrogen (secondary N) is 1. The largest absolute Gasteiger partial charge is 0.507 e. The Morgan fingerprint density at radius 1 is 1.39 bits per heavy atom. The molecule has 0 aromatic carbocycles. The molecule has 0 radical (unpaired) electrons. The molecule has 10 nitrogen and oxygen atoms in total. The van der Waals surface area contributed by atoms with Gasteiger partial charge in [-0.2, -0.15) is 23.0 Å². The zero-order valence-electron chi connectivity index (χ0n) is 18.2. The number of hydrogen-bond donors (Lipinski definition) is 2. The summed E-state index contributed by atoms with van der Waals surface area (Å²) in [5, 5.41) is 21.0. The van der Waals surface area contributed by atoms with E-state index in [1.165, 1.54) is 6.92 Å². The van der Waals surface area contributed by atoms with E-state index in [1.54, 1.807) is 0 Å². The summed E-state index contributed by atoms with van der Waals surface area (Å²) >= 11 is 0.948. The number of amides is 1. The number of aliphatic hydroxyl groups excluding tert-OH is 1. The lowest BCUT2D eigenvalue weighted by Gasteiger charge is -2.32. The highest BCUT2D eigenvalue weighted by Gasteiger charge is 2.45. The van der Waals surface area contributed by atoms with Gasteiger partial charge in [0.25, 0.3) is 6.41 Å². The molecular weight excluding hydrogens is 471 g/mol. The number of alkyl halides is 3. The maximum Gasteiger partial charge on any atom is 0.416 e. The summed E-state index contributed by atoms with van der Waals surface area (Å²) in [6.45, 7) is 4.68. The van der Waals surface area contributed by atoms with Gasteiger partial charge in [0.1, 0.15) is 11.5 Å². The Bertz CT molecular complexity index is 892. The number of rotatable bonds is 5. The molecule has 2 fully saturated rings. The quantitative estimate of drug-likeness (QED) is 0.149. The second-order valence-electron chi connectivity index (χ2n) is 7.61. The molecule has 1 atom stereocenters. The van der Waals surface area contributed by atoms with Crippen LogP contribution in [0.15, 0.2) is 27.0 Å². The van der Waals surface area contributed by atoms with Crippen LogP contribution in [-0.2, 0) is 29.2 Å². The molecule has 33 heavy (non-hydrogen) atoms. The van der Waals surface area contributed by atoms with Crippen LogP contribution in [0.4, 0.5) is 13.2 Å². The summed E-state index contributed by atoms with van der Waals surface area (Å²) < 4.78 is 53.8. The first kappa shape index (κ1) is 25.5. The van der Waals surface area contributed by atoms with Crippen molar-refractivity contribution < 1.29 is 52.0 Å². The second kappa shape index (κ2) is 10.4. The van der Waals surface area contributed by atoms with Gasteiger partial charge in [0.05, 0.1) is 43.4 Å². The second-order valence-corrected chi connectivity index (χ2v) is 8.61. The van der Waals surface area contributed by atoms with Crippen LogP contribution < -0.4 is 5.32 Å². The van der Waals surface area contributed by atoms with Crippen molar-refractivity contribution in [2.24, 2.45) is 5.16 Å². The minimum atomic E-state index is -4.78. The van der Waals surface area contributed by atoms with E-state index in [4.69, 9.17) is 9.47 Å². The third-order valence-electron chi connectivity index (χ3n) is 5.37. The normalized spacial score (nSPS) is 27.5. The fraction of sp³-hybridized carbons (Fsp3) is 0.632. The van der Waals surface area contributed by atoms with Gasteiger partial charge in [-0.3, -0.25) is 9.37 Å². The van der Waals surface area contributed by atoms with Gasteiger partial charge in [0.15, 0.2) is 5.79 Å². The monoisotopic (exact) mass is 496 g/mol. The van der Waals surface area contributed by atoms with Crippen molar-refractivity contribution in [3.8, 4) is 0 Å². The number of halogens is 3.